The van der Waals surface area contributed by atoms with Gasteiger partial charge in [-0.1, -0.05) is 6.92 Å². The van der Waals surface area contributed by atoms with Gasteiger partial charge in [0.2, 0.25) is 0 Å². The lowest BCUT2D eigenvalue weighted by molar-refractivity contribution is 0.632. The summed E-state index contributed by atoms with van der Waals surface area (Å²) in [6.07, 6.45) is 1.03. The fourth-order valence-electron chi connectivity index (χ4n) is 1.95. The number of aromatic nitrogens is 1. The van der Waals surface area contributed by atoms with Crippen molar-refractivity contribution in [2.24, 2.45) is 0 Å². The summed E-state index contributed by atoms with van der Waals surface area (Å²) in [5.41, 5.74) is 2.66. The Bertz CT molecular complexity index is 596. The van der Waals surface area contributed by atoms with Crippen molar-refractivity contribution in [3.05, 3.63) is 33.5 Å². The lowest BCUT2D eigenvalue weighted by Gasteiger charge is -2.11. The summed E-state index contributed by atoms with van der Waals surface area (Å²) in [6.45, 7) is 6.86. The summed E-state index contributed by atoms with van der Waals surface area (Å²) < 4.78 is 14.5. The first-order chi connectivity index (χ1) is 8.54. The van der Waals surface area contributed by atoms with E-state index in [1.165, 1.54) is 0 Å². The molecule has 0 bridgehead atoms. The van der Waals surface area contributed by atoms with Crippen LogP contribution in [-0.4, -0.2) is 11.5 Å². The first-order valence-electron chi connectivity index (χ1n) is 6.04. The molecule has 18 heavy (non-hydrogen) atoms. The Morgan fingerprint density at radius 3 is 2.67 bits per heavy atom. The zero-order valence-corrected chi connectivity index (χ0v) is 12.4. The van der Waals surface area contributed by atoms with Crippen LogP contribution < -0.4 is 5.32 Å². The average molecular weight is 311 g/mol. The van der Waals surface area contributed by atoms with Crippen LogP contribution in [0.5, 0.6) is 0 Å². The third kappa shape index (κ3) is 2.34. The van der Waals surface area contributed by atoms with Gasteiger partial charge in [0, 0.05) is 11.9 Å². The van der Waals surface area contributed by atoms with Gasteiger partial charge in [-0.05, 0) is 59.5 Å². The summed E-state index contributed by atoms with van der Waals surface area (Å²) in [6, 6.07) is 3.62. The number of rotatable bonds is 3. The maximum Gasteiger partial charge on any atom is 0.146 e. The highest BCUT2D eigenvalue weighted by Crippen LogP contribution is 2.29. The van der Waals surface area contributed by atoms with Crippen LogP contribution in [0.15, 0.2) is 16.6 Å². The molecule has 0 fully saturated rings. The monoisotopic (exact) mass is 310 g/mol. The number of aryl methyl sites for hydroxylation is 2. The molecule has 1 aromatic heterocycles. The van der Waals surface area contributed by atoms with Gasteiger partial charge in [-0.2, -0.15) is 0 Å². The first-order valence-corrected chi connectivity index (χ1v) is 6.83. The number of fused-ring (bicyclic) bond motifs is 1. The van der Waals surface area contributed by atoms with Gasteiger partial charge in [0.1, 0.15) is 11.6 Å². The third-order valence-electron chi connectivity index (χ3n) is 2.92. The maximum atomic E-state index is 14.0. The van der Waals surface area contributed by atoms with Gasteiger partial charge in [0.25, 0.3) is 0 Å². The number of halogens is 2. The number of hydrogen-bond donors (Lipinski definition) is 1. The Balaban J connectivity index is 2.64. The second kappa shape index (κ2) is 5.22. The summed E-state index contributed by atoms with van der Waals surface area (Å²) in [5.74, 6) is 0.599. The molecule has 2 nitrogen and oxygen atoms in total. The molecule has 1 aromatic carbocycles. The van der Waals surface area contributed by atoms with Crippen LogP contribution in [0.25, 0.3) is 10.9 Å². The largest absolute Gasteiger partial charge is 0.370 e. The topological polar surface area (TPSA) is 24.9 Å². The van der Waals surface area contributed by atoms with Gasteiger partial charge in [0.15, 0.2) is 0 Å². The van der Waals surface area contributed by atoms with Crippen LogP contribution in [-0.2, 0) is 0 Å². The lowest BCUT2D eigenvalue weighted by atomic mass is 10.1. The van der Waals surface area contributed by atoms with Crippen LogP contribution in [0.1, 0.15) is 24.5 Å². The summed E-state index contributed by atoms with van der Waals surface area (Å²) in [4.78, 5) is 4.54. The van der Waals surface area contributed by atoms with E-state index >= 15 is 0 Å². The molecule has 0 saturated carbocycles. The third-order valence-corrected chi connectivity index (χ3v) is 3.50. The first kappa shape index (κ1) is 13.3. The molecule has 0 atom stereocenters. The Morgan fingerprint density at radius 1 is 1.28 bits per heavy atom. The lowest BCUT2D eigenvalue weighted by Crippen LogP contribution is -2.04. The van der Waals surface area contributed by atoms with Crippen LogP contribution >= 0.6 is 15.9 Å². The van der Waals surface area contributed by atoms with Crippen LogP contribution in [0.3, 0.4) is 0 Å². The highest BCUT2D eigenvalue weighted by molar-refractivity contribution is 9.10. The van der Waals surface area contributed by atoms with Gasteiger partial charge in [-0.3, -0.25) is 0 Å². The number of nitrogens with one attached hydrogen (secondary N) is 1. The summed E-state index contributed by atoms with van der Waals surface area (Å²) >= 11 is 3.23. The van der Waals surface area contributed by atoms with E-state index in [2.05, 4.69) is 33.2 Å². The van der Waals surface area contributed by atoms with Gasteiger partial charge in [-0.15, -0.1) is 0 Å². The Hall–Kier alpha value is -1.16. The van der Waals surface area contributed by atoms with Crippen molar-refractivity contribution in [1.29, 1.82) is 0 Å². The minimum atomic E-state index is -0.242. The van der Waals surface area contributed by atoms with Crippen LogP contribution in [0, 0.1) is 19.7 Å². The van der Waals surface area contributed by atoms with E-state index in [4.69, 9.17) is 0 Å². The van der Waals surface area contributed by atoms with Gasteiger partial charge in [0.05, 0.1) is 9.99 Å². The normalized spacial score (nSPS) is 10.9. The molecule has 0 radical (unpaired) electrons. The SMILES string of the molecule is CCCNc1nc2c(C)cc(Br)c(F)c2cc1C. The smallest absolute Gasteiger partial charge is 0.146 e. The number of nitrogens with zero attached hydrogens (tertiary/aromatic N) is 1. The Labute approximate surface area is 115 Å². The maximum absolute atomic E-state index is 14.0. The molecule has 0 spiro atoms. The molecule has 1 heterocycles. The molecule has 96 valence electrons. The fourth-order valence-corrected chi connectivity index (χ4v) is 2.51. The second-order valence-corrected chi connectivity index (χ2v) is 5.32. The van der Waals surface area contributed by atoms with Crippen molar-refractivity contribution in [1.82, 2.24) is 4.98 Å². The second-order valence-electron chi connectivity index (χ2n) is 4.47. The molecule has 0 aliphatic heterocycles. The Morgan fingerprint density at radius 2 is 2.00 bits per heavy atom. The molecule has 2 aromatic rings. The molecule has 0 unspecified atom stereocenters. The highest BCUT2D eigenvalue weighted by Gasteiger charge is 2.12. The minimum Gasteiger partial charge on any atom is -0.370 e. The molecule has 0 aliphatic carbocycles. The van der Waals surface area contributed by atoms with Crippen molar-refractivity contribution < 1.29 is 4.39 Å². The zero-order valence-electron chi connectivity index (χ0n) is 10.8. The quantitative estimate of drug-likeness (QED) is 0.898. The number of pyridine rings is 1. The average Bonchev–Trinajstić information content (AvgIpc) is 2.34. The van der Waals surface area contributed by atoms with E-state index in [0.717, 1.165) is 35.4 Å². The van der Waals surface area contributed by atoms with Crippen LogP contribution in [0.4, 0.5) is 10.2 Å². The summed E-state index contributed by atoms with van der Waals surface area (Å²) in [5, 5.41) is 3.84. The molecule has 2 rings (SSSR count). The van der Waals surface area contributed by atoms with Crippen molar-refractivity contribution in [2.75, 3.05) is 11.9 Å². The van der Waals surface area contributed by atoms with Gasteiger partial charge in [-0.25, -0.2) is 9.37 Å². The van der Waals surface area contributed by atoms with E-state index in [1.54, 1.807) is 6.07 Å². The highest BCUT2D eigenvalue weighted by atomic mass is 79.9. The predicted molar refractivity (Wildman–Crippen MR) is 77.7 cm³/mol. The predicted octanol–water partition coefficient (Wildman–Crippen LogP) is 4.58. The molecule has 0 aliphatic rings. The van der Waals surface area contributed by atoms with E-state index in [9.17, 15) is 4.39 Å². The van der Waals surface area contributed by atoms with Crippen molar-refractivity contribution >= 4 is 32.7 Å². The van der Waals surface area contributed by atoms with Crippen LogP contribution in [0.2, 0.25) is 0 Å². The van der Waals surface area contributed by atoms with E-state index in [0.29, 0.717) is 9.86 Å². The minimum absolute atomic E-state index is 0.242. The summed E-state index contributed by atoms with van der Waals surface area (Å²) in [7, 11) is 0. The zero-order chi connectivity index (χ0) is 13.3. The standard InChI is InChI=1S/C14H16BrFN2/c1-4-5-17-14-9(3)6-10-12(16)11(15)7-8(2)13(10)18-14/h6-7H,4-5H2,1-3H3,(H,17,18). The van der Waals surface area contributed by atoms with Crippen molar-refractivity contribution in [3.8, 4) is 0 Å². The molecule has 0 saturated heterocycles. The number of benzene rings is 1. The van der Waals surface area contributed by atoms with Gasteiger partial charge < -0.3 is 5.32 Å². The Kier molecular flexibility index (Phi) is 3.85. The number of anilines is 1. The van der Waals surface area contributed by atoms with E-state index in [1.807, 2.05) is 19.9 Å². The molecule has 0 amide bonds. The van der Waals surface area contributed by atoms with Crippen molar-refractivity contribution in [2.45, 2.75) is 27.2 Å². The van der Waals surface area contributed by atoms with Gasteiger partial charge >= 0.3 is 0 Å². The number of hydrogen-bond acceptors (Lipinski definition) is 2. The molecule has 1 N–H and O–H groups in total. The van der Waals surface area contributed by atoms with E-state index in [-0.39, 0.29) is 5.82 Å². The van der Waals surface area contributed by atoms with Crippen molar-refractivity contribution in [3.63, 3.8) is 0 Å². The van der Waals surface area contributed by atoms with E-state index < -0.39 is 0 Å². The molecule has 4 heteroatoms. The fraction of sp³-hybridized carbons (Fsp3) is 0.357. The molecular formula is C14H16BrFN2. The molecular weight excluding hydrogens is 295 g/mol.